The Kier molecular flexibility index (Phi) is 11.9. The Labute approximate surface area is 242 Å². The molecule has 0 fully saturated rings. The van der Waals surface area contributed by atoms with Crippen LogP contribution in [0.2, 0.25) is 0 Å². The Hall–Kier alpha value is -3.49. The van der Waals surface area contributed by atoms with Crippen LogP contribution in [-0.2, 0) is 18.8 Å². The van der Waals surface area contributed by atoms with E-state index in [0.29, 0.717) is 19.8 Å². The number of carbonyl (C=O) groups excluding carboxylic acids is 3. The van der Waals surface area contributed by atoms with Crippen LogP contribution < -0.4 is 0 Å². The van der Waals surface area contributed by atoms with Crippen LogP contribution in [0.4, 0.5) is 39.6 Å². The van der Waals surface area contributed by atoms with E-state index < -0.39 is 52.7 Å². The summed E-state index contributed by atoms with van der Waals surface area (Å²) >= 11 is -1.76. The molecule has 0 aromatic heterocycles. The first-order valence-electron chi connectivity index (χ1n) is 12.1. The molecule has 1 atom stereocenters. The summed E-state index contributed by atoms with van der Waals surface area (Å²) in [5.74, 6) is -10.2. The number of hydrogen-bond acceptors (Lipinski definition) is 7. The summed E-state index contributed by atoms with van der Waals surface area (Å²) in [4.78, 5) is 38.2. The van der Waals surface area contributed by atoms with E-state index in [2.05, 4.69) is 16.1 Å². The number of ether oxygens (including phenoxy) is 1. The molecule has 0 aliphatic heterocycles. The normalized spacial score (nSPS) is 13.6. The highest BCUT2D eigenvalue weighted by Crippen LogP contribution is 2.56. The molecule has 0 radical (unpaired) electrons. The van der Waals surface area contributed by atoms with Crippen molar-refractivity contribution in [2.75, 3.05) is 13.7 Å². The van der Waals surface area contributed by atoms with Gasteiger partial charge in [-0.3, -0.25) is 14.4 Å². The number of rotatable bonds is 13. The Morgan fingerprint density at radius 3 is 2.28 bits per heavy atom. The summed E-state index contributed by atoms with van der Waals surface area (Å²) in [5, 5.41) is -6.12. The lowest BCUT2D eigenvalue weighted by Gasteiger charge is -2.35. The molecule has 0 spiro atoms. The van der Waals surface area contributed by atoms with Crippen LogP contribution in [0.25, 0.3) is 10.8 Å². The van der Waals surface area contributed by atoms with Gasteiger partial charge in [-0.2, -0.15) is 39.4 Å². The van der Waals surface area contributed by atoms with Gasteiger partial charge in [-0.1, -0.05) is 43.7 Å². The summed E-state index contributed by atoms with van der Waals surface area (Å²) in [5.41, 5.74) is -0.319. The summed E-state index contributed by atoms with van der Waals surface area (Å²) in [6.45, 7) is 1.68. The molecule has 2 aromatic carbocycles. The second-order valence-electron chi connectivity index (χ2n) is 8.69. The lowest BCUT2D eigenvalue weighted by Crippen LogP contribution is -2.63. The van der Waals surface area contributed by atoms with Crippen LogP contribution in [0.5, 0.6) is 0 Å². The number of benzene rings is 2. The predicted molar refractivity (Wildman–Crippen MR) is 134 cm³/mol. The third-order valence-electron chi connectivity index (χ3n) is 5.72. The van der Waals surface area contributed by atoms with Crippen molar-refractivity contribution in [1.29, 1.82) is 0 Å². The third kappa shape index (κ3) is 7.73. The van der Waals surface area contributed by atoms with Gasteiger partial charge in [-0.05, 0) is 34.5 Å². The quantitative estimate of drug-likeness (QED) is 0.0435. The van der Waals surface area contributed by atoms with E-state index in [-0.39, 0.29) is 40.0 Å². The first kappa shape index (κ1) is 35.7. The van der Waals surface area contributed by atoms with E-state index >= 15 is 0 Å². The highest BCUT2D eigenvalue weighted by atomic mass is 32.2. The number of fused-ring (bicyclic) bond motifs is 1. The third-order valence-corrected chi connectivity index (χ3v) is 6.49. The fourth-order valence-corrected chi connectivity index (χ4v) is 4.02. The molecule has 17 heteroatoms. The molecule has 7 nitrogen and oxygen atoms in total. The minimum atomic E-state index is -7.06. The minimum Gasteiger partial charge on any atom is -0.452 e. The Morgan fingerprint density at radius 1 is 1.02 bits per heavy atom. The van der Waals surface area contributed by atoms with Gasteiger partial charge >= 0.3 is 29.2 Å². The Bertz CT molecular complexity index is 1390. The molecule has 0 heterocycles. The van der Waals surface area contributed by atoms with Gasteiger partial charge in [-0.25, -0.2) is 5.06 Å². The van der Waals surface area contributed by atoms with E-state index in [1.807, 2.05) is 6.92 Å². The molecule has 2 aromatic rings. The zero-order valence-corrected chi connectivity index (χ0v) is 23.0. The number of carbonyl (C=O) groups is 3. The van der Waals surface area contributed by atoms with Crippen molar-refractivity contribution in [3.63, 3.8) is 0 Å². The molecule has 1 unspecified atom stereocenters. The van der Waals surface area contributed by atoms with Crippen LogP contribution in [0.1, 0.15) is 58.9 Å². The SMILES string of the molecule is CCCCCC(=O)OCC#Cc1ccc(C=O)c2c(C(=O)N(C)OSC(F)(F)C(F)(OF)C(F)(F)C(F)(F)F)cccc12. The summed E-state index contributed by atoms with van der Waals surface area (Å²) in [6.07, 6.45) is -4.09. The molecular formula is C26H22F9NO6S. The molecule has 236 valence electrons. The fraction of sp³-hybridized carbons (Fsp3) is 0.423. The van der Waals surface area contributed by atoms with Crippen LogP contribution in [-0.4, -0.2) is 60.1 Å². The monoisotopic (exact) mass is 647 g/mol. The molecule has 0 N–H and O–H groups in total. The van der Waals surface area contributed by atoms with Crippen molar-refractivity contribution in [3.8, 4) is 11.8 Å². The zero-order valence-electron chi connectivity index (χ0n) is 22.2. The molecule has 0 aliphatic rings. The maximum Gasteiger partial charge on any atom is 0.459 e. The van der Waals surface area contributed by atoms with E-state index in [1.165, 1.54) is 24.3 Å². The number of alkyl halides is 8. The molecule has 2 rings (SSSR count). The molecule has 0 saturated carbocycles. The maximum atomic E-state index is 14.1. The van der Waals surface area contributed by atoms with Crippen LogP contribution in [0.15, 0.2) is 30.3 Å². The standard InChI is InChI=1S/C26H22F9NO6S/c1-3-4-5-11-20(38)40-14-7-8-16-12-13-17(15-37)21-18(16)9-6-10-19(21)22(39)36(2)42-43-26(33,34)24(29,41-35)23(27,28)25(30,31)32/h6,9-10,12-13,15H,3-5,11,14H2,1-2H3. The van der Waals surface area contributed by atoms with Crippen molar-refractivity contribution >= 4 is 41.0 Å². The zero-order chi connectivity index (χ0) is 32.6. The van der Waals surface area contributed by atoms with E-state index in [4.69, 9.17) is 4.74 Å². The second kappa shape index (κ2) is 14.3. The smallest absolute Gasteiger partial charge is 0.452 e. The summed E-state index contributed by atoms with van der Waals surface area (Å²) < 4.78 is 128. The fourth-order valence-electron chi connectivity index (χ4n) is 3.48. The average molecular weight is 648 g/mol. The maximum absolute atomic E-state index is 14.1. The van der Waals surface area contributed by atoms with Gasteiger partial charge in [0.1, 0.15) is 12.0 Å². The molecule has 1 amide bonds. The summed E-state index contributed by atoms with van der Waals surface area (Å²) in [6, 6.07) is 6.40. The van der Waals surface area contributed by atoms with Gasteiger partial charge in [0, 0.05) is 30.0 Å². The van der Waals surface area contributed by atoms with Crippen molar-refractivity contribution in [2.24, 2.45) is 0 Å². The van der Waals surface area contributed by atoms with Crippen molar-refractivity contribution in [1.82, 2.24) is 5.06 Å². The van der Waals surface area contributed by atoms with Gasteiger partial charge in [0.2, 0.25) is 0 Å². The van der Waals surface area contributed by atoms with Gasteiger partial charge < -0.3 is 4.74 Å². The number of nitrogens with zero attached hydrogens (tertiary/aromatic N) is 1. The molecule has 0 aliphatic carbocycles. The van der Waals surface area contributed by atoms with E-state index in [1.54, 1.807) is 4.94 Å². The average Bonchev–Trinajstić information content (AvgIpc) is 2.96. The van der Waals surface area contributed by atoms with Gasteiger partial charge in [0.15, 0.2) is 12.9 Å². The highest BCUT2D eigenvalue weighted by Gasteiger charge is 2.83. The predicted octanol–water partition coefficient (Wildman–Crippen LogP) is 7.14. The minimum absolute atomic E-state index is 0.103. The molecule has 0 saturated heterocycles. The van der Waals surface area contributed by atoms with Crippen LogP contribution >= 0.6 is 12.0 Å². The van der Waals surface area contributed by atoms with Crippen LogP contribution in [0, 0.1) is 11.8 Å². The Balaban J connectivity index is 2.33. The van der Waals surface area contributed by atoms with Gasteiger partial charge in [0.05, 0.1) is 5.56 Å². The van der Waals surface area contributed by atoms with Crippen molar-refractivity contribution < 1.29 is 68.0 Å². The number of hydroxylamine groups is 2. The number of unbranched alkanes of at least 4 members (excludes halogenated alkanes) is 2. The summed E-state index contributed by atoms with van der Waals surface area (Å²) in [7, 11) is 0.599. The lowest BCUT2D eigenvalue weighted by atomic mass is 9.95. The second-order valence-corrected chi connectivity index (χ2v) is 9.52. The van der Waals surface area contributed by atoms with Gasteiger partial charge in [-0.15, -0.1) is 4.94 Å². The van der Waals surface area contributed by atoms with Crippen molar-refractivity contribution in [2.45, 2.75) is 55.8 Å². The largest absolute Gasteiger partial charge is 0.459 e. The number of hydrogen-bond donors (Lipinski definition) is 0. The molecule has 0 bridgehead atoms. The van der Waals surface area contributed by atoms with Crippen LogP contribution in [0.3, 0.4) is 0 Å². The topological polar surface area (TPSA) is 82.1 Å². The number of esters is 1. The van der Waals surface area contributed by atoms with Gasteiger partial charge in [0.25, 0.3) is 5.91 Å². The number of amides is 1. The first-order valence-corrected chi connectivity index (χ1v) is 12.8. The molecular weight excluding hydrogens is 625 g/mol. The number of aldehydes is 1. The van der Waals surface area contributed by atoms with E-state index in [9.17, 15) is 54.0 Å². The molecule has 43 heavy (non-hydrogen) atoms. The number of halogens is 9. The van der Waals surface area contributed by atoms with Crippen molar-refractivity contribution in [3.05, 3.63) is 47.0 Å². The lowest BCUT2D eigenvalue weighted by molar-refractivity contribution is -0.458. The highest BCUT2D eigenvalue weighted by molar-refractivity contribution is 7.95. The first-order chi connectivity index (χ1) is 20.0. The van der Waals surface area contributed by atoms with E-state index in [0.717, 1.165) is 18.9 Å². The Morgan fingerprint density at radius 2 is 1.70 bits per heavy atom.